The Morgan fingerprint density at radius 3 is 2.77 bits per heavy atom. The Hall–Kier alpha value is -1.10. The van der Waals surface area contributed by atoms with Crippen LogP contribution in [0, 0.1) is 0 Å². The van der Waals surface area contributed by atoms with Gasteiger partial charge in [0, 0.05) is 5.25 Å². The van der Waals surface area contributed by atoms with Crippen LogP contribution >= 0.6 is 11.8 Å². The number of aromatic nitrogens is 2. The van der Waals surface area contributed by atoms with E-state index in [0.717, 1.165) is 0 Å². The summed E-state index contributed by atoms with van der Waals surface area (Å²) in [6, 6.07) is 0. The maximum atomic E-state index is 10.5. The van der Waals surface area contributed by atoms with E-state index in [9.17, 15) is 4.79 Å². The van der Waals surface area contributed by atoms with Crippen LogP contribution in [0.25, 0.3) is 0 Å². The predicted octanol–water partition coefficient (Wildman–Crippen LogP) is 1.68. The van der Waals surface area contributed by atoms with Gasteiger partial charge in [0.25, 0.3) is 0 Å². The van der Waals surface area contributed by atoms with E-state index in [1.165, 1.54) is 18.0 Å². The Labute approximate surface area is 80.4 Å². The number of carbonyl (C=O) groups is 1. The van der Waals surface area contributed by atoms with Crippen molar-refractivity contribution >= 4 is 17.7 Å². The van der Waals surface area contributed by atoms with Crippen molar-refractivity contribution in [2.45, 2.75) is 24.1 Å². The first-order valence-corrected chi connectivity index (χ1v) is 4.69. The fourth-order valence-corrected chi connectivity index (χ4v) is 1.51. The highest BCUT2D eigenvalue weighted by Crippen LogP contribution is 2.19. The third-order valence-electron chi connectivity index (χ3n) is 1.19. The van der Waals surface area contributed by atoms with Gasteiger partial charge in [-0.3, -0.25) is 4.98 Å². The molecule has 0 aromatic carbocycles. The zero-order chi connectivity index (χ0) is 9.84. The summed E-state index contributed by atoms with van der Waals surface area (Å²) in [4.78, 5) is 18.2. The largest absolute Gasteiger partial charge is 0.476 e. The van der Waals surface area contributed by atoms with Crippen molar-refractivity contribution in [3.8, 4) is 0 Å². The van der Waals surface area contributed by atoms with Crippen molar-refractivity contribution in [2.24, 2.45) is 0 Å². The first-order valence-electron chi connectivity index (χ1n) is 3.81. The van der Waals surface area contributed by atoms with Crippen molar-refractivity contribution in [1.82, 2.24) is 9.97 Å². The van der Waals surface area contributed by atoms with Crippen LogP contribution < -0.4 is 0 Å². The number of aromatic carboxylic acids is 1. The molecule has 70 valence electrons. The molecule has 0 aliphatic heterocycles. The van der Waals surface area contributed by atoms with Gasteiger partial charge in [-0.1, -0.05) is 13.8 Å². The molecule has 13 heavy (non-hydrogen) atoms. The first kappa shape index (κ1) is 9.98. The molecule has 0 atom stereocenters. The zero-order valence-electron chi connectivity index (χ0n) is 7.39. The highest BCUT2D eigenvalue weighted by Gasteiger charge is 2.07. The van der Waals surface area contributed by atoms with Crippen LogP contribution in [0.4, 0.5) is 0 Å². The minimum Gasteiger partial charge on any atom is -0.476 e. The molecular weight excluding hydrogens is 188 g/mol. The van der Waals surface area contributed by atoms with Gasteiger partial charge in [0.15, 0.2) is 5.69 Å². The number of thioether (sulfide) groups is 1. The standard InChI is InChI=1S/C8H10N2O2S/c1-5(2)13-7-4-9-3-6(10-7)8(11)12/h3-5H,1-2H3,(H,11,12). The SMILES string of the molecule is CC(C)Sc1cncc(C(=O)O)n1. The van der Waals surface area contributed by atoms with Gasteiger partial charge in [-0.05, 0) is 0 Å². The van der Waals surface area contributed by atoms with Gasteiger partial charge in [0.05, 0.1) is 12.4 Å². The molecule has 1 N–H and O–H groups in total. The number of carboxylic acids is 1. The molecule has 0 aliphatic rings. The second kappa shape index (κ2) is 4.23. The molecule has 1 heterocycles. The van der Waals surface area contributed by atoms with Crippen molar-refractivity contribution in [3.05, 3.63) is 18.1 Å². The van der Waals surface area contributed by atoms with Gasteiger partial charge in [0.1, 0.15) is 5.03 Å². The van der Waals surface area contributed by atoms with Crippen LogP contribution in [0.5, 0.6) is 0 Å². The summed E-state index contributed by atoms with van der Waals surface area (Å²) in [6.45, 7) is 4.03. The summed E-state index contributed by atoms with van der Waals surface area (Å²) in [7, 11) is 0. The van der Waals surface area contributed by atoms with Crippen molar-refractivity contribution in [1.29, 1.82) is 0 Å². The van der Waals surface area contributed by atoms with Crippen LogP contribution in [-0.4, -0.2) is 26.3 Å². The molecule has 4 nitrogen and oxygen atoms in total. The van der Waals surface area contributed by atoms with E-state index in [4.69, 9.17) is 5.11 Å². The van der Waals surface area contributed by atoms with Crippen molar-refractivity contribution < 1.29 is 9.90 Å². The molecular formula is C8H10N2O2S. The fraction of sp³-hybridized carbons (Fsp3) is 0.375. The van der Waals surface area contributed by atoms with Gasteiger partial charge in [-0.2, -0.15) is 0 Å². The van der Waals surface area contributed by atoms with Crippen molar-refractivity contribution in [3.63, 3.8) is 0 Å². The number of hydrogen-bond acceptors (Lipinski definition) is 4. The molecule has 0 radical (unpaired) electrons. The van der Waals surface area contributed by atoms with E-state index in [1.807, 2.05) is 13.8 Å². The highest BCUT2D eigenvalue weighted by molar-refractivity contribution is 7.99. The van der Waals surface area contributed by atoms with Gasteiger partial charge in [-0.25, -0.2) is 9.78 Å². The molecule has 1 aromatic heterocycles. The highest BCUT2D eigenvalue weighted by atomic mass is 32.2. The molecule has 1 rings (SSSR count). The van der Waals surface area contributed by atoms with Crippen LogP contribution in [-0.2, 0) is 0 Å². The van der Waals surface area contributed by atoms with E-state index >= 15 is 0 Å². The third kappa shape index (κ3) is 3.02. The van der Waals surface area contributed by atoms with Crippen LogP contribution in [0.1, 0.15) is 24.3 Å². The average molecular weight is 198 g/mol. The number of nitrogens with zero attached hydrogens (tertiary/aromatic N) is 2. The Bertz CT molecular complexity index is 315. The molecule has 0 saturated carbocycles. The Morgan fingerprint density at radius 2 is 2.23 bits per heavy atom. The molecule has 0 aliphatic carbocycles. The summed E-state index contributed by atoms with van der Waals surface area (Å²) < 4.78 is 0. The normalized spacial score (nSPS) is 10.4. The number of hydrogen-bond donors (Lipinski definition) is 1. The fourth-order valence-electron chi connectivity index (χ4n) is 0.749. The van der Waals surface area contributed by atoms with Crippen molar-refractivity contribution in [2.75, 3.05) is 0 Å². The van der Waals surface area contributed by atoms with Gasteiger partial charge >= 0.3 is 5.97 Å². The molecule has 0 fully saturated rings. The maximum absolute atomic E-state index is 10.5. The van der Waals surface area contributed by atoms with E-state index in [-0.39, 0.29) is 5.69 Å². The lowest BCUT2D eigenvalue weighted by atomic mass is 10.5. The maximum Gasteiger partial charge on any atom is 0.356 e. The molecule has 0 unspecified atom stereocenters. The van der Waals surface area contributed by atoms with Gasteiger partial charge in [0.2, 0.25) is 0 Å². The number of carboxylic acid groups (broad SMARTS) is 1. The topological polar surface area (TPSA) is 63.1 Å². The summed E-state index contributed by atoms with van der Waals surface area (Å²) in [5.41, 5.74) is -0.00866. The van der Waals surface area contributed by atoms with E-state index in [2.05, 4.69) is 9.97 Å². The quantitative estimate of drug-likeness (QED) is 0.748. The summed E-state index contributed by atoms with van der Waals surface area (Å²) >= 11 is 1.49. The molecule has 0 bridgehead atoms. The Morgan fingerprint density at radius 1 is 1.54 bits per heavy atom. The van der Waals surface area contributed by atoms with E-state index in [0.29, 0.717) is 10.3 Å². The first-order chi connectivity index (χ1) is 6.09. The molecule has 0 amide bonds. The van der Waals surface area contributed by atoms with E-state index < -0.39 is 5.97 Å². The van der Waals surface area contributed by atoms with Crippen LogP contribution in [0.15, 0.2) is 17.4 Å². The molecule has 1 aromatic rings. The zero-order valence-corrected chi connectivity index (χ0v) is 8.21. The second-order valence-electron chi connectivity index (χ2n) is 2.71. The lowest BCUT2D eigenvalue weighted by Crippen LogP contribution is -2.02. The Balaban J connectivity index is 2.85. The average Bonchev–Trinajstić information content (AvgIpc) is 2.03. The van der Waals surface area contributed by atoms with Gasteiger partial charge in [-0.15, -0.1) is 11.8 Å². The predicted molar refractivity (Wildman–Crippen MR) is 50.0 cm³/mol. The second-order valence-corrected chi connectivity index (χ2v) is 4.31. The van der Waals surface area contributed by atoms with Crippen LogP contribution in [0.2, 0.25) is 0 Å². The molecule has 0 saturated heterocycles. The summed E-state index contributed by atoms with van der Waals surface area (Å²) in [6.07, 6.45) is 2.81. The minimum absolute atomic E-state index is 0.00866. The summed E-state index contributed by atoms with van der Waals surface area (Å²) in [5, 5.41) is 9.65. The number of rotatable bonds is 3. The molecule has 5 heteroatoms. The Kier molecular flexibility index (Phi) is 3.25. The lowest BCUT2D eigenvalue weighted by molar-refractivity contribution is 0.0689. The van der Waals surface area contributed by atoms with E-state index in [1.54, 1.807) is 6.20 Å². The lowest BCUT2D eigenvalue weighted by Gasteiger charge is -2.02. The summed E-state index contributed by atoms with van der Waals surface area (Å²) in [5.74, 6) is -1.04. The van der Waals surface area contributed by atoms with Crippen LogP contribution in [0.3, 0.4) is 0 Å². The van der Waals surface area contributed by atoms with Gasteiger partial charge < -0.3 is 5.11 Å². The molecule has 0 spiro atoms. The third-order valence-corrected chi connectivity index (χ3v) is 2.10. The monoisotopic (exact) mass is 198 g/mol. The minimum atomic E-state index is -1.04. The smallest absolute Gasteiger partial charge is 0.356 e.